The molecule has 2 N–H and O–H groups in total. The first kappa shape index (κ1) is 11.5. The summed E-state index contributed by atoms with van der Waals surface area (Å²) in [6.45, 7) is 6.99. The molecule has 0 bridgehead atoms. The molecule has 2 nitrogen and oxygen atoms in total. The predicted molar refractivity (Wildman–Crippen MR) is 69.5 cm³/mol. The maximum absolute atomic E-state index is 5.85. The van der Waals surface area contributed by atoms with Crippen LogP contribution in [0.5, 0.6) is 0 Å². The van der Waals surface area contributed by atoms with Gasteiger partial charge in [-0.1, -0.05) is 12.1 Å². The Hall–Kier alpha value is -1.02. The number of piperidine rings is 1. The van der Waals surface area contributed by atoms with Gasteiger partial charge in [0.15, 0.2) is 0 Å². The summed E-state index contributed by atoms with van der Waals surface area (Å²) in [5, 5.41) is 0. The van der Waals surface area contributed by atoms with E-state index in [0.717, 1.165) is 5.69 Å². The summed E-state index contributed by atoms with van der Waals surface area (Å²) >= 11 is 0. The molecule has 0 radical (unpaired) electrons. The fraction of sp³-hybridized carbons (Fsp3) is 0.571. The highest BCUT2D eigenvalue weighted by molar-refractivity contribution is 5.42. The molecule has 1 saturated heterocycles. The maximum atomic E-state index is 5.85. The molecule has 0 spiro atoms. The van der Waals surface area contributed by atoms with Crippen LogP contribution in [0, 0.1) is 0 Å². The van der Waals surface area contributed by atoms with Crippen LogP contribution in [0.1, 0.15) is 38.2 Å². The van der Waals surface area contributed by atoms with Gasteiger partial charge in [-0.25, -0.2) is 0 Å². The number of anilines is 1. The van der Waals surface area contributed by atoms with Gasteiger partial charge in [-0.2, -0.15) is 0 Å². The van der Waals surface area contributed by atoms with Gasteiger partial charge in [0.25, 0.3) is 0 Å². The third-order valence-corrected chi connectivity index (χ3v) is 3.57. The Labute approximate surface area is 98.4 Å². The van der Waals surface area contributed by atoms with Gasteiger partial charge in [0, 0.05) is 18.3 Å². The Bertz CT molecular complexity index is 346. The van der Waals surface area contributed by atoms with E-state index in [9.17, 15) is 0 Å². The maximum Gasteiger partial charge on any atom is 0.0316 e. The normalized spacial score (nSPS) is 22.6. The summed E-state index contributed by atoms with van der Waals surface area (Å²) < 4.78 is 0. The Balaban J connectivity index is 2.09. The molecule has 1 aliphatic rings. The van der Waals surface area contributed by atoms with E-state index in [1.165, 1.54) is 31.5 Å². The first-order valence-corrected chi connectivity index (χ1v) is 6.26. The number of likely N-dealkylation sites (tertiary alicyclic amines) is 1. The molecular formula is C14H22N2. The van der Waals surface area contributed by atoms with Gasteiger partial charge in [-0.05, 0) is 56.8 Å². The van der Waals surface area contributed by atoms with Crippen LogP contribution in [0.4, 0.5) is 5.69 Å². The molecule has 1 aliphatic heterocycles. The summed E-state index contributed by atoms with van der Waals surface area (Å²) in [7, 11) is 0. The van der Waals surface area contributed by atoms with Gasteiger partial charge in [0.05, 0.1) is 0 Å². The molecule has 0 aliphatic carbocycles. The van der Waals surface area contributed by atoms with Crippen LogP contribution in [-0.4, -0.2) is 24.0 Å². The highest BCUT2D eigenvalue weighted by Crippen LogP contribution is 2.28. The molecule has 1 aromatic carbocycles. The molecule has 1 heterocycles. The third-order valence-electron chi connectivity index (χ3n) is 3.57. The van der Waals surface area contributed by atoms with Crippen molar-refractivity contribution in [3.05, 3.63) is 29.8 Å². The van der Waals surface area contributed by atoms with Crippen LogP contribution in [0.3, 0.4) is 0 Å². The molecule has 88 valence electrons. The predicted octanol–water partition coefficient (Wildman–Crippen LogP) is 2.86. The van der Waals surface area contributed by atoms with E-state index in [1.54, 1.807) is 0 Å². The number of hydrogen-bond donors (Lipinski definition) is 1. The van der Waals surface area contributed by atoms with Crippen LogP contribution in [-0.2, 0) is 0 Å². The van der Waals surface area contributed by atoms with E-state index in [-0.39, 0.29) is 0 Å². The molecule has 2 rings (SSSR count). The van der Waals surface area contributed by atoms with Crippen molar-refractivity contribution in [2.24, 2.45) is 0 Å². The van der Waals surface area contributed by atoms with Crippen molar-refractivity contribution in [2.75, 3.05) is 18.8 Å². The molecule has 0 aromatic heterocycles. The smallest absolute Gasteiger partial charge is 0.0316 e. The highest BCUT2D eigenvalue weighted by atomic mass is 15.2. The first-order valence-electron chi connectivity index (χ1n) is 6.26. The summed E-state index contributed by atoms with van der Waals surface area (Å²) in [6.07, 6.45) is 2.60. The Morgan fingerprint density at radius 3 is 2.88 bits per heavy atom. The minimum atomic E-state index is 0.656. The fourth-order valence-electron chi connectivity index (χ4n) is 2.56. The van der Waals surface area contributed by atoms with E-state index in [1.807, 2.05) is 6.07 Å². The van der Waals surface area contributed by atoms with Gasteiger partial charge in [0.2, 0.25) is 0 Å². The van der Waals surface area contributed by atoms with Crippen molar-refractivity contribution in [1.82, 2.24) is 4.90 Å². The van der Waals surface area contributed by atoms with E-state index in [0.29, 0.717) is 12.0 Å². The number of nitrogen functional groups attached to an aromatic ring is 1. The van der Waals surface area contributed by atoms with Crippen molar-refractivity contribution in [1.29, 1.82) is 0 Å². The third kappa shape index (κ3) is 2.56. The molecule has 1 fully saturated rings. The largest absolute Gasteiger partial charge is 0.399 e. The number of nitrogens with two attached hydrogens (primary N) is 1. The lowest BCUT2D eigenvalue weighted by Gasteiger charge is -2.35. The lowest BCUT2D eigenvalue weighted by molar-refractivity contribution is 0.167. The Morgan fingerprint density at radius 2 is 2.19 bits per heavy atom. The van der Waals surface area contributed by atoms with Crippen LogP contribution in [0.2, 0.25) is 0 Å². The molecular weight excluding hydrogens is 196 g/mol. The van der Waals surface area contributed by atoms with Crippen molar-refractivity contribution in [3.63, 3.8) is 0 Å². The Morgan fingerprint density at radius 1 is 1.38 bits per heavy atom. The number of hydrogen-bond acceptors (Lipinski definition) is 2. The van der Waals surface area contributed by atoms with Gasteiger partial charge < -0.3 is 10.6 Å². The molecule has 2 heteroatoms. The monoisotopic (exact) mass is 218 g/mol. The topological polar surface area (TPSA) is 29.3 Å². The lowest BCUT2D eigenvalue weighted by atomic mass is 9.90. The fourth-order valence-corrected chi connectivity index (χ4v) is 2.56. The van der Waals surface area contributed by atoms with Gasteiger partial charge in [0.1, 0.15) is 0 Å². The molecule has 0 saturated carbocycles. The van der Waals surface area contributed by atoms with Gasteiger partial charge in [-0.15, -0.1) is 0 Å². The van der Waals surface area contributed by atoms with Crippen LogP contribution < -0.4 is 5.73 Å². The van der Waals surface area contributed by atoms with Crippen molar-refractivity contribution in [3.8, 4) is 0 Å². The summed E-state index contributed by atoms with van der Waals surface area (Å²) in [6, 6.07) is 9.04. The van der Waals surface area contributed by atoms with Crippen LogP contribution >= 0.6 is 0 Å². The van der Waals surface area contributed by atoms with E-state index >= 15 is 0 Å². The van der Waals surface area contributed by atoms with E-state index in [2.05, 4.69) is 36.9 Å². The lowest BCUT2D eigenvalue weighted by Crippen LogP contribution is -2.39. The van der Waals surface area contributed by atoms with Crippen molar-refractivity contribution in [2.45, 2.75) is 38.6 Å². The highest BCUT2D eigenvalue weighted by Gasteiger charge is 2.22. The first-order chi connectivity index (χ1) is 7.66. The average molecular weight is 218 g/mol. The Kier molecular flexibility index (Phi) is 3.49. The molecule has 1 atom stereocenters. The zero-order valence-corrected chi connectivity index (χ0v) is 10.3. The number of benzene rings is 1. The second kappa shape index (κ2) is 4.88. The second-order valence-electron chi connectivity index (χ2n) is 5.10. The molecule has 1 unspecified atom stereocenters. The standard InChI is InChI=1S/C14H22N2/c1-11(2)16-8-4-6-13(10-16)12-5-3-7-14(15)9-12/h3,5,7,9,11,13H,4,6,8,10,15H2,1-2H3. The minimum absolute atomic E-state index is 0.656. The van der Waals surface area contributed by atoms with Gasteiger partial charge in [-0.3, -0.25) is 0 Å². The molecule has 1 aromatic rings. The number of nitrogens with zero attached hydrogens (tertiary/aromatic N) is 1. The van der Waals surface area contributed by atoms with Crippen LogP contribution in [0.25, 0.3) is 0 Å². The average Bonchev–Trinajstić information content (AvgIpc) is 2.29. The van der Waals surface area contributed by atoms with Crippen LogP contribution in [0.15, 0.2) is 24.3 Å². The molecule has 16 heavy (non-hydrogen) atoms. The SMILES string of the molecule is CC(C)N1CCCC(c2cccc(N)c2)C1. The van der Waals surface area contributed by atoms with E-state index < -0.39 is 0 Å². The second-order valence-corrected chi connectivity index (χ2v) is 5.10. The summed E-state index contributed by atoms with van der Waals surface area (Å²) in [4.78, 5) is 2.57. The van der Waals surface area contributed by atoms with Crippen molar-refractivity contribution < 1.29 is 0 Å². The van der Waals surface area contributed by atoms with Crippen molar-refractivity contribution >= 4 is 5.69 Å². The number of rotatable bonds is 2. The summed E-state index contributed by atoms with van der Waals surface area (Å²) in [5.74, 6) is 0.666. The quantitative estimate of drug-likeness (QED) is 0.773. The minimum Gasteiger partial charge on any atom is -0.399 e. The summed E-state index contributed by atoms with van der Waals surface area (Å²) in [5.41, 5.74) is 8.14. The molecule has 0 amide bonds. The van der Waals surface area contributed by atoms with Gasteiger partial charge >= 0.3 is 0 Å². The van der Waals surface area contributed by atoms with E-state index in [4.69, 9.17) is 5.73 Å². The zero-order chi connectivity index (χ0) is 11.5. The zero-order valence-electron chi connectivity index (χ0n) is 10.3.